The van der Waals surface area contributed by atoms with Gasteiger partial charge in [-0.2, -0.15) is 0 Å². The molecule has 0 atom stereocenters. The lowest BCUT2D eigenvalue weighted by molar-refractivity contribution is 1.31. The van der Waals surface area contributed by atoms with Crippen LogP contribution in [0.15, 0.2) is 54.9 Å². The van der Waals surface area contributed by atoms with Crippen molar-refractivity contribution in [3.63, 3.8) is 0 Å². The van der Waals surface area contributed by atoms with E-state index in [0.29, 0.717) is 0 Å². The van der Waals surface area contributed by atoms with Crippen LogP contribution >= 0.6 is 0 Å². The predicted molar refractivity (Wildman–Crippen MR) is 61.8 cm³/mol. The Morgan fingerprint density at radius 1 is 1.14 bits per heavy atom. The zero-order chi connectivity index (χ0) is 10.2. The third kappa shape index (κ3) is 3.40. The minimum absolute atomic E-state index is 1.21. The van der Waals surface area contributed by atoms with E-state index in [1.165, 1.54) is 11.1 Å². The van der Waals surface area contributed by atoms with Crippen LogP contribution in [0.1, 0.15) is 19.4 Å². The van der Waals surface area contributed by atoms with Crippen LogP contribution in [0.5, 0.6) is 0 Å². The number of aromatic nitrogens is 1. The molecule has 0 aliphatic heterocycles. The first-order valence-corrected chi connectivity index (χ1v) is 4.71. The van der Waals surface area contributed by atoms with Crippen LogP contribution in [0, 0.1) is 0 Å². The first-order chi connectivity index (χ1) is 6.84. The summed E-state index contributed by atoms with van der Waals surface area (Å²) in [7, 11) is 0. The molecule has 0 N–H and O–H groups in total. The second kappa shape index (κ2) is 5.92. The molecule has 0 radical (unpaired) electrons. The fourth-order valence-electron chi connectivity index (χ4n) is 1.09. The van der Waals surface area contributed by atoms with E-state index in [1.807, 2.05) is 55.8 Å². The average molecular weight is 185 g/mol. The third-order valence-electron chi connectivity index (χ3n) is 1.90. The molecule has 72 valence electrons. The summed E-state index contributed by atoms with van der Waals surface area (Å²) in [6.45, 7) is 4.10. The molecule has 0 spiro atoms. The van der Waals surface area contributed by atoms with Gasteiger partial charge in [0.1, 0.15) is 0 Å². The standard InChI is InChI=1S/C13H15N/c1-3-4-5-6-7-12(2)13-8-10-14-11-9-13/h3-11H,1-2H3/b4-3-,6-5-,12-7+. The zero-order valence-corrected chi connectivity index (χ0v) is 8.64. The van der Waals surface area contributed by atoms with Crippen LogP contribution in [-0.4, -0.2) is 4.98 Å². The van der Waals surface area contributed by atoms with Gasteiger partial charge in [-0.05, 0) is 37.1 Å². The summed E-state index contributed by atoms with van der Waals surface area (Å²) < 4.78 is 0. The average Bonchev–Trinajstić information content (AvgIpc) is 2.25. The molecule has 0 aliphatic rings. The molecular weight excluding hydrogens is 170 g/mol. The normalized spacial score (nSPS) is 12.9. The van der Waals surface area contributed by atoms with Crippen LogP contribution < -0.4 is 0 Å². The van der Waals surface area contributed by atoms with Crippen molar-refractivity contribution in [2.45, 2.75) is 13.8 Å². The molecule has 1 nitrogen and oxygen atoms in total. The molecule has 0 aliphatic carbocycles. The van der Waals surface area contributed by atoms with Crippen molar-refractivity contribution in [1.29, 1.82) is 0 Å². The fraction of sp³-hybridized carbons (Fsp3) is 0.154. The van der Waals surface area contributed by atoms with Gasteiger partial charge in [-0.15, -0.1) is 0 Å². The highest BCUT2D eigenvalue weighted by Crippen LogP contribution is 2.11. The SMILES string of the molecule is C\C=C/C=C\C=C(/C)c1ccncc1. The van der Waals surface area contributed by atoms with Gasteiger partial charge in [0.15, 0.2) is 0 Å². The van der Waals surface area contributed by atoms with Crippen molar-refractivity contribution in [3.8, 4) is 0 Å². The van der Waals surface area contributed by atoms with E-state index in [1.54, 1.807) is 0 Å². The summed E-state index contributed by atoms with van der Waals surface area (Å²) in [5.74, 6) is 0. The molecule has 1 heterocycles. The van der Waals surface area contributed by atoms with Gasteiger partial charge in [-0.3, -0.25) is 4.98 Å². The molecule has 0 unspecified atom stereocenters. The van der Waals surface area contributed by atoms with Gasteiger partial charge in [0.05, 0.1) is 0 Å². The van der Waals surface area contributed by atoms with E-state index >= 15 is 0 Å². The van der Waals surface area contributed by atoms with Gasteiger partial charge < -0.3 is 0 Å². The largest absolute Gasteiger partial charge is 0.265 e. The molecule has 0 saturated carbocycles. The Labute approximate surface area is 85.5 Å². The van der Waals surface area contributed by atoms with Crippen LogP contribution in [-0.2, 0) is 0 Å². The molecule has 1 aromatic heterocycles. The van der Waals surface area contributed by atoms with E-state index in [4.69, 9.17) is 0 Å². The summed E-state index contributed by atoms with van der Waals surface area (Å²) >= 11 is 0. The van der Waals surface area contributed by atoms with Gasteiger partial charge in [-0.1, -0.05) is 30.4 Å². The van der Waals surface area contributed by atoms with Crippen molar-refractivity contribution < 1.29 is 0 Å². The van der Waals surface area contributed by atoms with E-state index in [0.717, 1.165) is 0 Å². The number of hydrogen-bond donors (Lipinski definition) is 0. The molecular formula is C13H15N. The monoisotopic (exact) mass is 185 g/mol. The summed E-state index contributed by atoms with van der Waals surface area (Å²) in [6.07, 6.45) is 13.8. The van der Waals surface area contributed by atoms with Gasteiger partial charge in [0.2, 0.25) is 0 Å². The first kappa shape index (κ1) is 10.5. The lowest BCUT2D eigenvalue weighted by atomic mass is 10.1. The lowest BCUT2D eigenvalue weighted by Gasteiger charge is -1.97. The van der Waals surface area contributed by atoms with Gasteiger partial charge in [0, 0.05) is 12.4 Å². The second-order valence-electron chi connectivity index (χ2n) is 3.00. The Morgan fingerprint density at radius 3 is 2.50 bits per heavy atom. The van der Waals surface area contributed by atoms with Crippen molar-refractivity contribution in [2.75, 3.05) is 0 Å². The zero-order valence-electron chi connectivity index (χ0n) is 8.64. The first-order valence-electron chi connectivity index (χ1n) is 4.71. The summed E-state index contributed by atoms with van der Waals surface area (Å²) in [5.41, 5.74) is 2.46. The van der Waals surface area contributed by atoms with E-state index in [2.05, 4.69) is 18.0 Å². The van der Waals surface area contributed by atoms with Crippen molar-refractivity contribution in [1.82, 2.24) is 4.98 Å². The fourth-order valence-corrected chi connectivity index (χ4v) is 1.09. The van der Waals surface area contributed by atoms with Crippen LogP contribution in [0.25, 0.3) is 5.57 Å². The Kier molecular flexibility index (Phi) is 4.42. The molecule has 0 bridgehead atoms. The highest BCUT2D eigenvalue weighted by Gasteiger charge is 1.90. The number of pyridine rings is 1. The number of hydrogen-bond acceptors (Lipinski definition) is 1. The maximum atomic E-state index is 3.98. The molecule has 1 heteroatoms. The van der Waals surface area contributed by atoms with Gasteiger partial charge in [-0.25, -0.2) is 0 Å². The van der Waals surface area contributed by atoms with Crippen molar-refractivity contribution in [2.24, 2.45) is 0 Å². The Morgan fingerprint density at radius 2 is 1.86 bits per heavy atom. The van der Waals surface area contributed by atoms with E-state index < -0.39 is 0 Å². The van der Waals surface area contributed by atoms with E-state index in [-0.39, 0.29) is 0 Å². The topological polar surface area (TPSA) is 12.9 Å². The Balaban J connectivity index is 2.70. The molecule has 1 rings (SSSR count). The molecule has 0 aromatic carbocycles. The lowest BCUT2D eigenvalue weighted by Crippen LogP contribution is -1.78. The van der Waals surface area contributed by atoms with Crippen molar-refractivity contribution in [3.05, 3.63) is 60.5 Å². The molecule has 0 amide bonds. The summed E-state index contributed by atoms with van der Waals surface area (Å²) in [5, 5.41) is 0. The van der Waals surface area contributed by atoms with E-state index in [9.17, 15) is 0 Å². The maximum absolute atomic E-state index is 3.98. The highest BCUT2D eigenvalue weighted by molar-refractivity contribution is 5.64. The molecule has 1 aromatic rings. The summed E-state index contributed by atoms with van der Waals surface area (Å²) in [4.78, 5) is 3.98. The molecule has 0 fully saturated rings. The van der Waals surface area contributed by atoms with Crippen LogP contribution in [0.4, 0.5) is 0 Å². The number of allylic oxidation sites excluding steroid dienone is 6. The Bertz CT molecular complexity index is 345. The number of nitrogens with zero attached hydrogens (tertiary/aromatic N) is 1. The quantitative estimate of drug-likeness (QED) is 0.655. The second-order valence-corrected chi connectivity index (χ2v) is 3.00. The van der Waals surface area contributed by atoms with Gasteiger partial charge >= 0.3 is 0 Å². The van der Waals surface area contributed by atoms with Crippen LogP contribution in [0.3, 0.4) is 0 Å². The molecule has 14 heavy (non-hydrogen) atoms. The minimum atomic E-state index is 1.21. The summed E-state index contributed by atoms with van der Waals surface area (Å²) in [6, 6.07) is 4.02. The highest BCUT2D eigenvalue weighted by atomic mass is 14.6. The smallest absolute Gasteiger partial charge is 0.0273 e. The van der Waals surface area contributed by atoms with Crippen molar-refractivity contribution >= 4 is 5.57 Å². The number of rotatable bonds is 3. The third-order valence-corrected chi connectivity index (χ3v) is 1.90. The Hall–Kier alpha value is -1.63. The molecule has 0 saturated heterocycles. The predicted octanol–water partition coefficient (Wildman–Crippen LogP) is 3.62. The van der Waals surface area contributed by atoms with Gasteiger partial charge in [0.25, 0.3) is 0 Å². The minimum Gasteiger partial charge on any atom is -0.265 e. The van der Waals surface area contributed by atoms with Crippen LogP contribution in [0.2, 0.25) is 0 Å². The maximum Gasteiger partial charge on any atom is 0.0273 e.